The van der Waals surface area contributed by atoms with Crippen molar-refractivity contribution in [2.24, 2.45) is 0 Å². The topological polar surface area (TPSA) is 27.7 Å². The second-order valence-electron chi connectivity index (χ2n) is 4.08. The molecule has 2 atom stereocenters. The van der Waals surface area contributed by atoms with Gasteiger partial charge in [-0.05, 0) is 19.3 Å². The van der Waals surface area contributed by atoms with Crippen molar-refractivity contribution in [2.45, 2.75) is 50.1 Å². The molecule has 2 aliphatic carbocycles. The Kier molecular flexibility index (Phi) is 1.72. The van der Waals surface area contributed by atoms with E-state index in [-0.39, 0.29) is 12.2 Å². The molecule has 0 aromatic rings. The molecule has 0 amide bonds. The Balaban J connectivity index is 1.76. The molecule has 2 fully saturated rings. The SMILES string of the molecule is C1=C[C@H]2OC3(CCCC3)OO[C@H]2C1. The van der Waals surface area contributed by atoms with Gasteiger partial charge in [-0.2, -0.15) is 0 Å². The van der Waals surface area contributed by atoms with E-state index >= 15 is 0 Å². The molecule has 3 nitrogen and oxygen atoms in total. The van der Waals surface area contributed by atoms with Gasteiger partial charge in [0.2, 0.25) is 5.79 Å². The van der Waals surface area contributed by atoms with Gasteiger partial charge in [-0.15, -0.1) is 0 Å². The summed E-state index contributed by atoms with van der Waals surface area (Å²) in [5, 5.41) is 0. The zero-order chi connectivity index (χ0) is 8.73. The highest BCUT2D eigenvalue weighted by Gasteiger charge is 2.46. The predicted octanol–water partition coefficient (Wildman–Crippen LogP) is 1.93. The summed E-state index contributed by atoms with van der Waals surface area (Å²) in [6.45, 7) is 0. The third-order valence-corrected chi connectivity index (χ3v) is 3.10. The molecule has 0 unspecified atom stereocenters. The summed E-state index contributed by atoms with van der Waals surface area (Å²) in [5.74, 6) is -0.407. The molecule has 1 saturated carbocycles. The maximum atomic E-state index is 5.92. The molecule has 0 aromatic carbocycles. The normalized spacial score (nSPS) is 41.2. The minimum Gasteiger partial charge on any atom is -0.337 e. The zero-order valence-corrected chi connectivity index (χ0v) is 7.57. The number of fused-ring (bicyclic) bond motifs is 1. The standard InChI is InChI=1S/C10H14O3/c1-2-7-10(6-1)11-8-4-3-5-9(8)12-13-10/h3-4,8-9H,1-2,5-7H2/t8-,9+/m1/s1. The van der Waals surface area contributed by atoms with Gasteiger partial charge in [0, 0.05) is 12.8 Å². The number of hydrogen-bond acceptors (Lipinski definition) is 3. The highest BCUT2D eigenvalue weighted by Crippen LogP contribution is 2.41. The van der Waals surface area contributed by atoms with Gasteiger partial charge in [-0.3, -0.25) is 0 Å². The van der Waals surface area contributed by atoms with Crippen molar-refractivity contribution in [3.05, 3.63) is 12.2 Å². The zero-order valence-electron chi connectivity index (χ0n) is 7.57. The second-order valence-corrected chi connectivity index (χ2v) is 4.08. The summed E-state index contributed by atoms with van der Waals surface area (Å²) in [5.41, 5.74) is 0. The lowest BCUT2D eigenvalue weighted by molar-refractivity contribution is -0.493. The van der Waals surface area contributed by atoms with Crippen LogP contribution < -0.4 is 0 Å². The van der Waals surface area contributed by atoms with Crippen LogP contribution in [-0.2, 0) is 14.5 Å². The third kappa shape index (κ3) is 1.23. The predicted molar refractivity (Wildman–Crippen MR) is 45.8 cm³/mol. The fraction of sp³-hybridized carbons (Fsp3) is 0.800. The van der Waals surface area contributed by atoms with Gasteiger partial charge >= 0.3 is 0 Å². The number of ether oxygens (including phenoxy) is 1. The van der Waals surface area contributed by atoms with Crippen LogP contribution in [0.4, 0.5) is 0 Å². The van der Waals surface area contributed by atoms with Crippen molar-refractivity contribution >= 4 is 0 Å². The number of rotatable bonds is 0. The van der Waals surface area contributed by atoms with E-state index in [9.17, 15) is 0 Å². The first kappa shape index (κ1) is 7.97. The van der Waals surface area contributed by atoms with E-state index in [1.807, 2.05) is 0 Å². The molecule has 13 heavy (non-hydrogen) atoms. The van der Waals surface area contributed by atoms with Gasteiger partial charge in [-0.1, -0.05) is 12.2 Å². The average Bonchev–Trinajstić information content (AvgIpc) is 2.74. The molecule has 1 aliphatic heterocycles. The molecule has 0 radical (unpaired) electrons. The summed E-state index contributed by atoms with van der Waals surface area (Å²) >= 11 is 0. The van der Waals surface area contributed by atoms with Gasteiger partial charge in [0.15, 0.2) is 0 Å². The molecule has 1 saturated heterocycles. The van der Waals surface area contributed by atoms with Gasteiger partial charge in [0.1, 0.15) is 12.2 Å². The van der Waals surface area contributed by atoms with E-state index in [0.717, 1.165) is 19.3 Å². The molecule has 0 aromatic heterocycles. The van der Waals surface area contributed by atoms with Crippen molar-refractivity contribution in [1.29, 1.82) is 0 Å². The fourth-order valence-corrected chi connectivity index (χ4v) is 2.35. The van der Waals surface area contributed by atoms with E-state index in [1.54, 1.807) is 0 Å². The van der Waals surface area contributed by atoms with Crippen LogP contribution in [0.1, 0.15) is 32.1 Å². The minimum atomic E-state index is -0.407. The Bertz CT molecular complexity index is 230. The van der Waals surface area contributed by atoms with Crippen LogP contribution in [0.2, 0.25) is 0 Å². The molecule has 3 aliphatic rings. The Morgan fingerprint density at radius 1 is 1.23 bits per heavy atom. The van der Waals surface area contributed by atoms with Gasteiger partial charge in [0.05, 0.1) is 0 Å². The molecule has 0 N–H and O–H groups in total. The summed E-state index contributed by atoms with van der Waals surface area (Å²) in [6, 6.07) is 0. The van der Waals surface area contributed by atoms with Gasteiger partial charge in [-0.25, -0.2) is 9.78 Å². The Morgan fingerprint density at radius 3 is 2.92 bits per heavy atom. The minimum absolute atomic E-state index is 0.103. The van der Waals surface area contributed by atoms with Crippen LogP contribution in [-0.4, -0.2) is 18.0 Å². The summed E-state index contributed by atoms with van der Waals surface area (Å²) in [6.07, 6.45) is 9.67. The molecule has 1 heterocycles. The van der Waals surface area contributed by atoms with E-state index in [0.29, 0.717) is 0 Å². The quantitative estimate of drug-likeness (QED) is 0.423. The van der Waals surface area contributed by atoms with Crippen molar-refractivity contribution in [1.82, 2.24) is 0 Å². The van der Waals surface area contributed by atoms with Crippen molar-refractivity contribution in [3.63, 3.8) is 0 Å². The largest absolute Gasteiger partial charge is 0.337 e. The lowest BCUT2D eigenvalue weighted by Crippen LogP contribution is -2.46. The van der Waals surface area contributed by atoms with Crippen molar-refractivity contribution in [3.8, 4) is 0 Å². The molecular formula is C10H14O3. The summed E-state index contributed by atoms with van der Waals surface area (Å²) < 4.78 is 5.92. The van der Waals surface area contributed by atoms with Crippen molar-refractivity contribution < 1.29 is 14.5 Å². The summed E-state index contributed by atoms with van der Waals surface area (Å²) in [4.78, 5) is 10.7. The molecule has 1 spiro atoms. The lowest BCUT2D eigenvalue weighted by Gasteiger charge is -2.38. The number of hydrogen-bond donors (Lipinski definition) is 0. The monoisotopic (exact) mass is 182 g/mol. The molecule has 3 rings (SSSR count). The second kappa shape index (κ2) is 2.80. The van der Waals surface area contributed by atoms with Crippen LogP contribution in [0.5, 0.6) is 0 Å². The van der Waals surface area contributed by atoms with Crippen LogP contribution in [0.25, 0.3) is 0 Å². The Morgan fingerprint density at radius 2 is 2.08 bits per heavy atom. The summed E-state index contributed by atoms with van der Waals surface area (Å²) in [7, 11) is 0. The Labute approximate surface area is 77.6 Å². The van der Waals surface area contributed by atoms with Crippen LogP contribution in [0.15, 0.2) is 12.2 Å². The fourth-order valence-electron chi connectivity index (χ4n) is 2.35. The first-order valence-corrected chi connectivity index (χ1v) is 5.07. The van der Waals surface area contributed by atoms with E-state index in [2.05, 4.69) is 12.2 Å². The molecular weight excluding hydrogens is 168 g/mol. The highest BCUT2D eigenvalue weighted by molar-refractivity contribution is 5.05. The van der Waals surface area contributed by atoms with E-state index in [1.165, 1.54) is 12.8 Å². The van der Waals surface area contributed by atoms with Crippen LogP contribution in [0, 0.1) is 0 Å². The van der Waals surface area contributed by atoms with Crippen LogP contribution >= 0.6 is 0 Å². The maximum Gasteiger partial charge on any atom is 0.202 e. The molecule has 0 bridgehead atoms. The Hall–Kier alpha value is -0.380. The highest BCUT2D eigenvalue weighted by atomic mass is 17.2. The average molecular weight is 182 g/mol. The van der Waals surface area contributed by atoms with Gasteiger partial charge in [0.25, 0.3) is 0 Å². The lowest BCUT2D eigenvalue weighted by atomic mass is 10.2. The first-order chi connectivity index (χ1) is 6.38. The van der Waals surface area contributed by atoms with E-state index in [4.69, 9.17) is 14.5 Å². The smallest absolute Gasteiger partial charge is 0.202 e. The third-order valence-electron chi connectivity index (χ3n) is 3.10. The maximum absolute atomic E-state index is 5.92. The molecule has 3 heteroatoms. The van der Waals surface area contributed by atoms with Gasteiger partial charge < -0.3 is 4.74 Å². The van der Waals surface area contributed by atoms with Crippen molar-refractivity contribution in [2.75, 3.05) is 0 Å². The molecule has 72 valence electrons. The van der Waals surface area contributed by atoms with E-state index < -0.39 is 5.79 Å². The first-order valence-electron chi connectivity index (χ1n) is 5.07. The van der Waals surface area contributed by atoms with Crippen LogP contribution in [0.3, 0.4) is 0 Å².